The average molecular weight is 478 g/mol. The number of imide groups is 2. The molecule has 1 aliphatic rings. The molecular formula is C24H20BrN3O3. The Morgan fingerprint density at radius 2 is 1.61 bits per heavy atom. The molecule has 2 aromatic carbocycles. The number of aryl methyl sites for hydroxylation is 2. The van der Waals surface area contributed by atoms with Crippen molar-refractivity contribution < 1.29 is 14.4 Å². The van der Waals surface area contributed by atoms with Crippen LogP contribution in [-0.4, -0.2) is 22.4 Å². The Bertz CT molecular complexity index is 1270. The summed E-state index contributed by atoms with van der Waals surface area (Å²) in [6.07, 6.45) is 1.55. The van der Waals surface area contributed by atoms with Gasteiger partial charge in [-0.1, -0.05) is 34.1 Å². The van der Waals surface area contributed by atoms with E-state index in [0.717, 1.165) is 37.6 Å². The van der Waals surface area contributed by atoms with Crippen molar-refractivity contribution in [3.63, 3.8) is 0 Å². The van der Waals surface area contributed by atoms with Gasteiger partial charge in [0.15, 0.2) is 0 Å². The first-order chi connectivity index (χ1) is 14.8. The molecule has 156 valence electrons. The number of carbonyl (C=O) groups is 3. The summed E-state index contributed by atoms with van der Waals surface area (Å²) in [5.74, 6) is -1.37. The molecule has 0 unspecified atom stereocenters. The highest BCUT2D eigenvalue weighted by Crippen LogP contribution is 2.27. The lowest BCUT2D eigenvalue weighted by molar-refractivity contribution is -0.122. The standard InChI is InChI=1S/C24H20BrN3O3/c1-14-6-4-8-19(10-14)27-15(2)11-17(16(27)3)12-21-22(29)26-24(31)28(23(21)30)20-9-5-7-18(25)13-20/h4-13H,1-3H3,(H,26,29,31)/b21-12+. The number of rotatable bonds is 3. The van der Waals surface area contributed by atoms with Crippen LogP contribution >= 0.6 is 15.9 Å². The molecule has 31 heavy (non-hydrogen) atoms. The predicted octanol–water partition coefficient (Wildman–Crippen LogP) is 4.83. The van der Waals surface area contributed by atoms with Gasteiger partial charge in [0.25, 0.3) is 11.8 Å². The van der Waals surface area contributed by atoms with Crippen LogP contribution in [0.1, 0.15) is 22.5 Å². The molecule has 0 atom stereocenters. The number of nitrogens with one attached hydrogen (secondary N) is 1. The summed E-state index contributed by atoms with van der Waals surface area (Å²) < 4.78 is 2.79. The molecular weight excluding hydrogens is 458 g/mol. The molecule has 3 aromatic rings. The van der Waals surface area contributed by atoms with E-state index in [4.69, 9.17) is 0 Å². The van der Waals surface area contributed by atoms with Crippen LogP contribution in [0.15, 0.2) is 64.6 Å². The summed E-state index contributed by atoms with van der Waals surface area (Å²) >= 11 is 3.34. The van der Waals surface area contributed by atoms with Gasteiger partial charge < -0.3 is 4.57 Å². The highest BCUT2D eigenvalue weighted by atomic mass is 79.9. The van der Waals surface area contributed by atoms with Crippen LogP contribution in [0, 0.1) is 20.8 Å². The molecule has 0 aliphatic carbocycles. The van der Waals surface area contributed by atoms with Crippen molar-refractivity contribution >= 4 is 45.5 Å². The van der Waals surface area contributed by atoms with Crippen LogP contribution in [0.4, 0.5) is 10.5 Å². The van der Waals surface area contributed by atoms with Gasteiger partial charge in [-0.05, 0) is 74.4 Å². The Balaban J connectivity index is 1.77. The summed E-state index contributed by atoms with van der Waals surface area (Å²) in [5.41, 5.74) is 5.02. The van der Waals surface area contributed by atoms with Gasteiger partial charge in [0, 0.05) is 21.5 Å². The minimum absolute atomic E-state index is 0.0935. The summed E-state index contributed by atoms with van der Waals surface area (Å²) in [7, 11) is 0. The van der Waals surface area contributed by atoms with Crippen LogP contribution < -0.4 is 10.2 Å². The fourth-order valence-corrected chi connectivity index (χ4v) is 4.15. The largest absolute Gasteiger partial charge is 0.335 e. The van der Waals surface area contributed by atoms with E-state index >= 15 is 0 Å². The molecule has 0 spiro atoms. The van der Waals surface area contributed by atoms with Crippen LogP contribution in [0.3, 0.4) is 0 Å². The SMILES string of the molecule is Cc1cccc(-n2c(C)cc(/C=C3\C(=O)NC(=O)N(c4cccc(Br)c4)C3=O)c2C)c1. The van der Waals surface area contributed by atoms with E-state index in [1.165, 1.54) is 0 Å². The molecule has 1 saturated heterocycles. The Hall–Kier alpha value is -3.45. The second kappa shape index (κ2) is 8.00. The van der Waals surface area contributed by atoms with Crippen LogP contribution in [-0.2, 0) is 9.59 Å². The summed E-state index contributed by atoms with van der Waals surface area (Å²) in [6, 6.07) is 16.0. The van der Waals surface area contributed by atoms with Crippen molar-refractivity contribution in [2.75, 3.05) is 4.90 Å². The summed E-state index contributed by atoms with van der Waals surface area (Å²) in [4.78, 5) is 39.0. The Kier molecular flexibility index (Phi) is 5.37. The number of aromatic nitrogens is 1. The number of hydrogen-bond donors (Lipinski definition) is 1. The van der Waals surface area contributed by atoms with E-state index in [0.29, 0.717) is 5.69 Å². The number of benzene rings is 2. The third-order valence-corrected chi connectivity index (χ3v) is 5.69. The second-order valence-corrected chi connectivity index (χ2v) is 8.35. The minimum atomic E-state index is -0.768. The van der Waals surface area contributed by atoms with Gasteiger partial charge in [0.05, 0.1) is 5.69 Å². The molecule has 1 aromatic heterocycles. The number of halogens is 1. The van der Waals surface area contributed by atoms with Gasteiger partial charge in [0.1, 0.15) is 5.57 Å². The molecule has 1 fully saturated rings. The van der Waals surface area contributed by atoms with Gasteiger partial charge in [-0.25, -0.2) is 9.69 Å². The molecule has 2 heterocycles. The molecule has 4 amide bonds. The molecule has 4 rings (SSSR count). The van der Waals surface area contributed by atoms with Crippen molar-refractivity contribution in [1.29, 1.82) is 0 Å². The molecule has 1 aliphatic heterocycles. The first kappa shape index (κ1) is 20.8. The average Bonchev–Trinajstić information content (AvgIpc) is 2.98. The second-order valence-electron chi connectivity index (χ2n) is 7.44. The number of anilines is 1. The Labute approximate surface area is 188 Å². The van der Waals surface area contributed by atoms with Crippen LogP contribution in [0.2, 0.25) is 0 Å². The van der Waals surface area contributed by atoms with E-state index in [1.807, 2.05) is 45.0 Å². The number of carbonyl (C=O) groups excluding carboxylic acids is 3. The summed E-state index contributed by atoms with van der Waals surface area (Å²) in [5, 5.41) is 2.26. The normalized spacial score (nSPS) is 15.5. The number of hydrogen-bond acceptors (Lipinski definition) is 3. The lowest BCUT2D eigenvalue weighted by Gasteiger charge is -2.26. The lowest BCUT2D eigenvalue weighted by atomic mass is 10.1. The van der Waals surface area contributed by atoms with Gasteiger partial charge in [-0.3, -0.25) is 14.9 Å². The van der Waals surface area contributed by atoms with Crippen molar-refractivity contribution in [2.24, 2.45) is 0 Å². The van der Waals surface area contributed by atoms with E-state index in [9.17, 15) is 14.4 Å². The highest BCUT2D eigenvalue weighted by molar-refractivity contribution is 9.10. The first-order valence-corrected chi connectivity index (χ1v) is 10.5. The van der Waals surface area contributed by atoms with E-state index in [1.54, 1.807) is 30.3 Å². The van der Waals surface area contributed by atoms with Gasteiger partial charge in [-0.2, -0.15) is 0 Å². The lowest BCUT2D eigenvalue weighted by Crippen LogP contribution is -2.54. The molecule has 1 N–H and O–H groups in total. The maximum absolute atomic E-state index is 13.1. The van der Waals surface area contributed by atoms with Gasteiger partial charge >= 0.3 is 6.03 Å². The van der Waals surface area contributed by atoms with Crippen LogP contribution in [0.25, 0.3) is 11.8 Å². The topological polar surface area (TPSA) is 71.4 Å². The van der Waals surface area contributed by atoms with Gasteiger partial charge in [-0.15, -0.1) is 0 Å². The Morgan fingerprint density at radius 3 is 2.32 bits per heavy atom. The third kappa shape index (κ3) is 3.84. The highest BCUT2D eigenvalue weighted by Gasteiger charge is 2.37. The first-order valence-electron chi connectivity index (χ1n) is 9.69. The van der Waals surface area contributed by atoms with Crippen molar-refractivity contribution in [3.05, 3.63) is 87.2 Å². The Morgan fingerprint density at radius 1 is 0.903 bits per heavy atom. The number of urea groups is 1. The van der Waals surface area contributed by atoms with Crippen molar-refractivity contribution in [2.45, 2.75) is 20.8 Å². The summed E-state index contributed by atoms with van der Waals surface area (Å²) in [6.45, 7) is 5.93. The van der Waals surface area contributed by atoms with Crippen LogP contribution in [0.5, 0.6) is 0 Å². The molecule has 0 bridgehead atoms. The smallest absolute Gasteiger partial charge is 0.318 e. The van der Waals surface area contributed by atoms with E-state index in [2.05, 4.69) is 31.9 Å². The quantitative estimate of drug-likeness (QED) is 0.433. The van der Waals surface area contributed by atoms with Gasteiger partial charge in [0.2, 0.25) is 0 Å². The molecule has 6 nitrogen and oxygen atoms in total. The zero-order valence-corrected chi connectivity index (χ0v) is 18.9. The maximum atomic E-state index is 13.1. The third-order valence-electron chi connectivity index (χ3n) is 5.20. The monoisotopic (exact) mass is 477 g/mol. The van der Waals surface area contributed by atoms with E-state index in [-0.39, 0.29) is 5.57 Å². The molecule has 7 heteroatoms. The maximum Gasteiger partial charge on any atom is 0.335 e. The van der Waals surface area contributed by atoms with E-state index < -0.39 is 17.8 Å². The fraction of sp³-hybridized carbons (Fsp3) is 0.125. The molecule has 0 saturated carbocycles. The predicted molar refractivity (Wildman–Crippen MR) is 123 cm³/mol. The van der Waals surface area contributed by atoms with Crippen molar-refractivity contribution in [3.8, 4) is 5.69 Å². The van der Waals surface area contributed by atoms with Crippen molar-refractivity contribution in [1.82, 2.24) is 9.88 Å². The minimum Gasteiger partial charge on any atom is -0.318 e. The number of amides is 4. The zero-order chi connectivity index (χ0) is 22.3. The molecule has 0 radical (unpaired) electrons. The number of barbiturate groups is 1. The fourth-order valence-electron chi connectivity index (χ4n) is 3.76. The zero-order valence-electron chi connectivity index (χ0n) is 17.3. The number of nitrogens with zero attached hydrogens (tertiary/aromatic N) is 2.